The maximum absolute atomic E-state index is 12.5. The number of ether oxygens (including phenoxy) is 3. The minimum Gasteiger partial charge on any atom is -0.488 e. The number of methoxy groups -OCH3 is 1. The number of halogens is 2. The van der Waals surface area contributed by atoms with Crippen LogP contribution in [0.5, 0.6) is 5.75 Å². The second-order valence-electron chi connectivity index (χ2n) is 6.08. The number of hydrogen-bond donors (Lipinski definition) is 1. The number of nitrogens with one attached hydrogen (secondary N) is 1. The molecular formula is C16H25F2NO5S. The second kappa shape index (κ2) is 10.0. The molecule has 1 N–H and O–H groups in total. The van der Waals surface area contributed by atoms with Gasteiger partial charge >= 0.3 is 0 Å². The highest BCUT2D eigenvalue weighted by atomic mass is 32.2. The number of sulfonamides is 1. The molecule has 0 atom stereocenters. The van der Waals surface area contributed by atoms with Crippen molar-refractivity contribution in [3.63, 3.8) is 0 Å². The van der Waals surface area contributed by atoms with Crippen LogP contribution in [0.2, 0.25) is 0 Å². The third-order valence-electron chi connectivity index (χ3n) is 3.19. The van der Waals surface area contributed by atoms with E-state index in [4.69, 9.17) is 14.2 Å². The van der Waals surface area contributed by atoms with Crippen molar-refractivity contribution < 1.29 is 31.4 Å². The molecule has 0 aliphatic heterocycles. The molecule has 0 saturated heterocycles. The van der Waals surface area contributed by atoms with Crippen LogP contribution in [0.15, 0.2) is 29.2 Å². The molecule has 9 heteroatoms. The van der Waals surface area contributed by atoms with Crippen LogP contribution < -0.4 is 9.46 Å². The topological polar surface area (TPSA) is 73.9 Å². The molecule has 1 aromatic carbocycles. The van der Waals surface area contributed by atoms with Gasteiger partial charge in [-0.1, -0.05) is 6.07 Å². The minimum atomic E-state index is -3.81. The molecule has 6 nitrogen and oxygen atoms in total. The van der Waals surface area contributed by atoms with E-state index in [0.29, 0.717) is 19.4 Å². The average molecular weight is 381 g/mol. The fraction of sp³-hybridized carbons (Fsp3) is 0.625. The summed E-state index contributed by atoms with van der Waals surface area (Å²) in [5.41, 5.74) is -0.699. The summed E-state index contributed by atoms with van der Waals surface area (Å²) in [5, 5.41) is 0. The van der Waals surface area contributed by atoms with Gasteiger partial charge in [-0.25, -0.2) is 21.9 Å². The molecule has 1 aromatic rings. The van der Waals surface area contributed by atoms with E-state index < -0.39 is 28.6 Å². The Morgan fingerprint density at radius 2 is 2.00 bits per heavy atom. The Kier molecular flexibility index (Phi) is 8.70. The van der Waals surface area contributed by atoms with Gasteiger partial charge in [0.1, 0.15) is 19.1 Å². The lowest BCUT2D eigenvalue weighted by atomic mass is 10.0. The Hall–Kier alpha value is -1.29. The Balaban J connectivity index is 2.68. The molecule has 0 spiro atoms. The van der Waals surface area contributed by atoms with Gasteiger partial charge in [-0.3, -0.25) is 0 Å². The van der Waals surface area contributed by atoms with Crippen molar-refractivity contribution in [2.75, 3.05) is 27.1 Å². The van der Waals surface area contributed by atoms with E-state index in [1.807, 2.05) is 0 Å². The summed E-state index contributed by atoms with van der Waals surface area (Å²) in [5.74, 6) is 0.0777. The molecule has 0 fully saturated rings. The smallest absolute Gasteiger partial charge is 0.272 e. The molecule has 0 radical (unpaired) electrons. The number of alkyl halides is 2. The lowest BCUT2D eigenvalue weighted by Gasteiger charge is -2.26. The van der Waals surface area contributed by atoms with E-state index >= 15 is 0 Å². The van der Waals surface area contributed by atoms with Crippen LogP contribution in [-0.4, -0.2) is 47.5 Å². The van der Waals surface area contributed by atoms with Crippen molar-refractivity contribution >= 4 is 10.0 Å². The van der Waals surface area contributed by atoms with Gasteiger partial charge in [0.15, 0.2) is 0 Å². The lowest BCUT2D eigenvalue weighted by Crippen LogP contribution is -2.43. The summed E-state index contributed by atoms with van der Waals surface area (Å²) in [4.78, 5) is -0.0389. The van der Waals surface area contributed by atoms with Gasteiger partial charge in [0.05, 0.1) is 4.90 Å². The Labute approximate surface area is 147 Å². The summed E-state index contributed by atoms with van der Waals surface area (Å²) >= 11 is 0. The van der Waals surface area contributed by atoms with Crippen molar-refractivity contribution in [1.82, 2.24) is 4.72 Å². The summed E-state index contributed by atoms with van der Waals surface area (Å²) in [6.07, 6.45) is -1.42. The first-order valence-electron chi connectivity index (χ1n) is 7.78. The average Bonchev–Trinajstić information content (AvgIpc) is 2.52. The number of hydrogen-bond acceptors (Lipinski definition) is 5. The van der Waals surface area contributed by atoms with Gasteiger partial charge in [0.25, 0.3) is 6.43 Å². The standard InChI is InChI=1S/C16H25F2NO5S/c1-16(2,8-5-9-23-12-22-3)19-25(20,21)14-7-4-6-13(10-14)24-11-15(17)18/h4,6-7,10,15,19H,5,8-9,11-12H2,1-3H3. The van der Waals surface area contributed by atoms with Crippen LogP contribution in [0.4, 0.5) is 8.78 Å². The van der Waals surface area contributed by atoms with E-state index in [1.54, 1.807) is 13.8 Å². The maximum atomic E-state index is 12.5. The van der Waals surface area contributed by atoms with E-state index in [2.05, 4.69) is 4.72 Å². The molecule has 0 aliphatic carbocycles. The number of rotatable bonds is 12. The van der Waals surface area contributed by atoms with Crippen LogP contribution in [0.1, 0.15) is 26.7 Å². The first-order chi connectivity index (χ1) is 11.7. The van der Waals surface area contributed by atoms with Crippen LogP contribution in [0, 0.1) is 0 Å². The first-order valence-corrected chi connectivity index (χ1v) is 9.26. The van der Waals surface area contributed by atoms with Crippen molar-refractivity contribution in [3.8, 4) is 5.75 Å². The Morgan fingerprint density at radius 3 is 2.64 bits per heavy atom. The van der Waals surface area contributed by atoms with Gasteiger partial charge in [-0.05, 0) is 38.8 Å². The fourth-order valence-corrected chi connectivity index (χ4v) is 3.60. The molecule has 0 saturated carbocycles. The quantitative estimate of drug-likeness (QED) is 0.445. The molecule has 0 bridgehead atoms. The van der Waals surface area contributed by atoms with Crippen molar-refractivity contribution in [1.29, 1.82) is 0 Å². The molecular weight excluding hydrogens is 356 g/mol. The fourth-order valence-electron chi connectivity index (χ4n) is 2.12. The highest BCUT2D eigenvalue weighted by Gasteiger charge is 2.26. The second-order valence-corrected chi connectivity index (χ2v) is 7.77. The third-order valence-corrected chi connectivity index (χ3v) is 4.89. The zero-order valence-corrected chi connectivity index (χ0v) is 15.4. The molecule has 1 rings (SSSR count). The van der Waals surface area contributed by atoms with Gasteiger partial charge in [0, 0.05) is 25.3 Å². The van der Waals surface area contributed by atoms with Gasteiger partial charge < -0.3 is 14.2 Å². The van der Waals surface area contributed by atoms with E-state index in [9.17, 15) is 17.2 Å². The summed E-state index contributed by atoms with van der Waals surface area (Å²) in [6.45, 7) is 3.38. The van der Waals surface area contributed by atoms with Crippen molar-refractivity contribution in [3.05, 3.63) is 24.3 Å². The third kappa shape index (κ3) is 8.57. The normalized spacial score (nSPS) is 12.6. The molecule has 0 aliphatic rings. The van der Waals surface area contributed by atoms with Crippen LogP contribution in [0.3, 0.4) is 0 Å². The predicted octanol–water partition coefficient (Wildman–Crippen LogP) is 2.79. The SMILES string of the molecule is COCOCCCC(C)(C)NS(=O)(=O)c1cccc(OCC(F)F)c1. The van der Waals surface area contributed by atoms with E-state index in [-0.39, 0.29) is 17.4 Å². The molecule has 0 aromatic heterocycles. The highest BCUT2D eigenvalue weighted by molar-refractivity contribution is 7.89. The first kappa shape index (κ1) is 21.8. The largest absolute Gasteiger partial charge is 0.488 e. The van der Waals surface area contributed by atoms with Crippen LogP contribution in [-0.2, 0) is 19.5 Å². The molecule has 0 unspecified atom stereocenters. The summed E-state index contributed by atoms with van der Waals surface area (Å²) in [7, 11) is -2.28. The minimum absolute atomic E-state index is 0.0389. The molecule has 0 amide bonds. The van der Waals surface area contributed by atoms with Gasteiger partial charge in [0.2, 0.25) is 10.0 Å². The predicted molar refractivity (Wildman–Crippen MR) is 89.4 cm³/mol. The van der Waals surface area contributed by atoms with Crippen LogP contribution >= 0.6 is 0 Å². The maximum Gasteiger partial charge on any atom is 0.272 e. The monoisotopic (exact) mass is 381 g/mol. The molecule has 0 heterocycles. The van der Waals surface area contributed by atoms with Gasteiger partial charge in [-0.15, -0.1) is 0 Å². The highest BCUT2D eigenvalue weighted by Crippen LogP contribution is 2.21. The molecule has 25 heavy (non-hydrogen) atoms. The molecule has 144 valence electrons. The lowest BCUT2D eigenvalue weighted by molar-refractivity contribution is -0.0324. The zero-order chi connectivity index (χ0) is 18.9. The Bertz CT molecular complexity index is 623. The van der Waals surface area contributed by atoms with Crippen LogP contribution in [0.25, 0.3) is 0 Å². The van der Waals surface area contributed by atoms with Crippen molar-refractivity contribution in [2.45, 2.75) is 43.5 Å². The van der Waals surface area contributed by atoms with Crippen molar-refractivity contribution in [2.24, 2.45) is 0 Å². The van der Waals surface area contributed by atoms with Gasteiger partial charge in [-0.2, -0.15) is 0 Å². The van der Waals surface area contributed by atoms with E-state index in [0.717, 1.165) is 0 Å². The van der Waals surface area contributed by atoms with E-state index in [1.165, 1.54) is 31.4 Å². The summed E-state index contributed by atoms with van der Waals surface area (Å²) in [6, 6.07) is 5.48. The number of benzene rings is 1. The Morgan fingerprint density at radius 1 is 1.28 bits per heavy atom. The zero-order valence-electron chi connectivity index (χ0n) is 14.6. The summed E-state index contributed by atoms with van der Waals surface area (Å²) < 4.78 is 66.8.